The Morgan fingerprint density at radius 1 is 1.32 bits per heavy atom. The van der Waals surface area contributed by atoms with Gasteiger partial charge in [0.15, 0.2) is 0 Å². The summed E-state index contributed by atoms with van der Waals surface area (Å²) >= 11 is 0. The number of hydrogen-bond acceptors (Lipinski definition) is 3. The Balaban J connectivity index is 1.91. The van der Waals surface area contributed by atoms with Gasteiger partial charge in [-0.1, -0.05) is 30.3 Å². The molecule has 0 amide bonds. The third-order valence-electron chi connectivity index (χ3n) is 3.75. The van der Waals surface area contributed by atoms with Crippen LogP contribution in [-0.2, 0) is 4.74 Å². The lowest BCUT2D eigenvalue weighted by Gasteiger charge is -2.29. The lowest BCUT2D eigenvalue weighted by Crippen LogP contribution is -2.35. The fourth-order valence-corrected chi connectivity index (χ4v) is 2.38. The zero-order valence-electron chi connectivity index (χ0n) is 12.1. The van der Waals surface area contributed by atoms with Gasteiger partial charge in [0.25, 0.3) is 0 Å². The molecule has 0 bridgehead atoms. The summed E-state index contributed by atoms with van der Waals surface area (Å²) in [5.41, 5.74) is 1.40. The highest BCUT2D eigenvalue weighted by Crippen LogP contribution is 2.23. The van der Waals surface area contributed by atoms with E-state index in [0.29, 0.717) is 6.04 Å². The van der Waals surface area contributed by atoms with Crippen molar-refractivity contribution in [2.24, 2.45) is 0 Å². The van der Waals surface area contributed by atoms with Crippen LogP contribution in [0.1, 0.15) is 30.9 Å². The highest BCUT2D eigenvalue weighted by Gasteiger charge is 2.23. The first-order chi connectivity index (χ1) is 9.31. The van der Waals surface area contributed by atoms with Crippen molar-refractivity contribution in [1.29, 1.82) is 0 Å². The second-order valence-electron chi connectivity index (χ2n) is 5.44. The van der Waals surface area contributed by atoms with E-state index in [1.165, 1.54) is 18.4 Å². The van der Waals surface area contributed by atoms with Gasteiger partial charge in [-0.3, -0.25) is 4.90 Å². The van der Waals surface area contributed by atoms with Gasteiger partial charge in [0.1, 0.15) is 0 Å². The second kappa shape index (κ2) is 7.63. The van der Waals surface area contributed by atoms with Crippen molar-refractivity contribution in [3.8, 4) is 0 Å². The molecule has 1 aromatic carbocycles. The summed E-state index contributed by atoms with van der Waals surface area (Å²) in [7, 11) is 3.98. The molecular weight excluding hydrogens is 236 g/mol. The fraction of sp³-hybridized carbons (Fsp3) is 0.625. The van der Waals surface area contributed by atoms with E-state index in [1.54, 1.807) is 7.11 Å². The van der Waals surface area contributed by atoms with Crippen LogP contribution in [0.4, 0.5) is 0 Å². The van der Waals surface area contributed by atoms with E-state index in [-0.39, 0.29) is 0 Å². The van der Waals surface area contributed by atoms with Crippen LogP contribution >= 0.6 is 0 Å². The zero-order chi connectivity index (χ0) is 13.5. The lowest BCUT2D eigenvalue weighted by molar-refractivity contribution is 0.164. The first-order valence-electron chi connectivity index (χ1n) is 7.28. The molecule has 1 N–H and O–H groups in total. The number of likely N-dealkylation sites (N-methyl/N-ethyl adjacent to an activating group) is 1. The van der Waals surface area contributed by atoms with Gasteiger partial charge in [-0.25, -0.2) is 0 Å². The molecule has 1 saturated carbocycles. The SMILES string of the molecule is COCCCN(C)C(CNC1CC1)c1ccccc1. The average Bonchev–Trinajstić information content (AvgIpc) is 3.25. The molecule has 2 rings (SSSR count). The summed E-state index contributed by atoms with van der Waals surface area (Å²) in [6.07, 6.45) is 3.77. The molecular formula is C16H26N2O. The largest absolute Gasteiger partial charge is 0.385 e. The van der Waals surface area contributed by atoms with Gasteiger partial charge < -0.3 is 10.1 Å². The van der Waals surface area contributed by atoms with E-state index in [4.69, 9.17) is 4.74 Å². The summed E-state index contributed by atoms with van der Waals surface area (Å²) < 4.78 is 5.14. The predicted octanol–water partition coefficient (Wildman–Crippen LogP) is 2.45. The minimum atomic E-state index is 0.457. The molecule has 1 aromatic rings. The molecule has 0 radical (unpaired) electrons. The van der Waals surface area contributed by atoms with E-state index in [0.717, 1.165) is 32.2 Å². The van der Waals surface area contributed by atoms with Crippen LogP contribution < -0.4 is 5.32 Å². The molecule has 1 fully saturated rings. The van der Waals surface area contributed by atoms with Gasteiger partial charge in [-0.05, 0) is 31.9 Å². The van der Waals surface area contributed by atoms with Crippen LogP contribution in [0.2, 0.25) is 0 Å². The number of rotatable bonds is 9. The fourth-order valence-electron chi connectivity index (χ4n) is 2.38. The molecule has 0 heterocycles. The first-order valence-corrected chi connectivity index (χ1v) is 7.28. The second-order valence-corrected chi connectivity index (χ2v) is 5.44. The van der Waals surface area contributed by atoms with Crippen LogP contribution in [0.3, 0.4) is 0 Å². The Bertz CT molecular complexity index is 351. The molecule has 0 spiro atoms. The number of hydrogen-bond donors (Lipinski definition) is 1. The van der Waals surface area contributed by atoms with E-state index in [1.807, 2.05) is 0 Å². The van der Waals surface area contributed by atoms with Gasteiger partial charge in [0, 0.05) is 38.9 Å². The highest BCUT2D eigenvalue weighted by atomic mass is 16.5. The Hall–Kier alpha value is -0.900. The monoisotopic (exact) mass is 262 g/mol. The molecule has 0 saturated heterocycles. The predicted molar refractivity (Wildman–Crippen MR) is 79.3 cm³/mol. The van der Waals surface area contributed by atoms with Crippen molar-refractivity contribution < 1.29 is 4.74 Å². The Kier molecular flexibility index (Phi) is 5.83. The van der Waals surface area contributed by atoms with Gasteiger partial charge in [0.2, 0.25) is 0 Å². The normalized spacial score (nSPS) is 16.8. The summed E-state index contributed by atoms with van der Waals surface area (Å²) in [6, 6.07) is 12.0. The highest BCUT2D eigenvalue weighted by molar-refractivity contribution is 5.19. The van der Waals surface area contributed by atoms with Crippen LogP contribution in [0.25, 0.3) is 0 Å². The van der Waals surface area contributed by atoms with Gasteiger partial charge in [0.05, 0.1) is 0 Å². The topological polar surface area (TPSA) is 24.5 Å². The molecule has 3 nitrogen and oxygen atoms in total. The summed E-state index contributed by atoms with van der Waals surface area (Å²) in [5, 5.41) is 3.65. The van der Waals surface area contributed by atoms with Crippen molar-refractivity contribution in [2.75, 3.05) is 33.9 Å². The van der Waals surface area contributed by atoms with Crippen molar-refractivity contribution >= 4 is 0 Å². The maximum Gasteiger partial charge on any atom is 0.0474 e. The van der Waals surface area contributed by atoms with E-state index in [2.05, 4.69) is 47.6 Å². The Labute approximate surface area is 116 Å². The minimum absolute atomic E-state index is 0.457. The van der Waals surface area contributed by atoms with Gasteiger partial charge in [-0.15, -0.1) is 0 Å². The maximum absolute atomic E-state index is 5.14. The maximum atomic E-state index is 5.14. The third-order valence-corrected chi connectivity index (χ3v) is 3.75. The van der Waals surface area contributed by atoms with E-state index >= 15 is 0 Å². The molecule has 19 heavy (non-hydrogen) atoms. The minimum Gasteiger partial charge on any atom is -0.385 e. The van der Waals surface area contributed by atoms with Crippen LogP contribution in [0.15, 0.2) is 30.3 Å². The van der Waals surface area contributed by atoms with Crippen molar-refractivity contribution in [2.45, 2.75) is 31.3 Å². The lowest BCUT2D eigenvalue weighted by atomic mass is 10.1. The number of nitrogens with zero attached hydrogens (tertiary/aromatic N) is 1. The number of nitrogens with one attached hydrogen (secondary N) is 1. The average molecular weight is 262 g/mol. The number of ether oxygens (including phenoxy) is 1. The van der Waals surface area contributed by atoms with Crippen molar-refractivity contribution in [1.82, 2.24) is 10.2 Å². The molecule has 106 valence electrons. The van der Waals surface area contributed by atoms with Crippen LogP contribution in [0.5, 0.6) is 0 Å². The summed E-state index contributed by atoms with van der Waals surface area (Å²) in [6.45, 7) is 2.94. The molecule has 1 aliphatic carbocycles. The quantitative estimate of drug-likeness (QED) is 0.692. The smallest absolute Gasteiger partial charge is 0.0474 e. The standard InChI is InChI=1S/C16H26N2O/c1-18(11-6-12-19-2)16(13-17-15-9-10-15)14-7-4-3-5-8-14/h3-5,7-8,15-17H,6,9-13H2,1-2H3. The summed E-state index contributed by atoms with van der Waals surface area (Å²) in [4.78, 5) is 2.43. The number of methoxy groups -OCH3 is 1. The van der Waals surface area contributed by atoms with Gasteiger partial charge in [-0.2, -0.15) is 0 Å². The van der Waals surface area contributed by atoms with E-state index < -0.39 is 0 Å². The Morgan fingerprint density at radius 2 is 2.05 bits per heavy atom. The van der Waals surface area contributed by atoms with Crippen molar-refractivity contribution in [3.05, 3.63) is 35.9 Å². The Morgan fingerprint density at radius 3 is 2.68 bits per heavy atom. The first kappa shape index (κ1) is 14.5. The molecule has 0 aromatic heterocycles. The molecule has 1 atom stereocenters. The van der Waals surface area contributed by atoms with E-state index in [9.17, 15) is 0 Å². The van der Waals surface area contributed by atoms with Crippen LogP contribution in [0, 0.1) is 0 Å². The summed E-state index contributed by atoms with van der Waals surface area (Å²) in [5.74, 6) is 0. The van der Waals surface area contributed by atoms with Crippen molar-refractivity contribution in [3.63, 3.8) is 0 Å². The third kappa shape index (κ3) is 4.94. The zero-order valence-corrected chi connectivity index (χ0v) is 12.1. The van der Waals surface area contributed by atoms with Gasteiger partial charge >= 0.3 is 0 Å². The molecule has 3 heteroatoms. The molecule has 0 aliphatic heterocycles. The molecule has 1 aliphatic rings. The van der Waals surface area contributed by atoms with Crippen LogP contribution in [-0.4, -0.2) is 44.8 Å². The molecule has 1 unspecified atom stereocenters. The number of benzene rings is 1.